The number of quaternary nitrogens is 2. The highest BCUT2D eigenvalue weighted by Crippen LogP contribution is 2.12. The van der Waals surface area contributed by atoms with E-state index in [2.05, 4.69) is 42.0 Å². The molecule has 4 heteroatoms. The molecule has 0 atom stereocenters. The Hall–Kier alpha value is -0.160. The predicted octanol–water partition coefficient (Wildman–Crippen LogP) is 8.93. The Bertz CT molecular complexity index is 400. The molecule has 4 nitrogen and oxygen atoms in total. The van der Waals surface area contributed by atoms with Crippen molar-refractivity contribution in [3.05, 3.63) is 0 Å². The average Bonchev–Trinajstić information content (AvgIpc) is 2.83. The van der Waals surface area contributed by atoms with E-state index in [9.17, 15) is 0 Å². The number of unbranched alkanes of at least 4 members (excludes halogenated alkanes) is 17. The van der Waals surface area contributed by atoms with Gasteiger partial charge in [0.05, 0.1) is 54.5 Å². The van der Waals surface area contributed by atoms with Crippen molar-refractivity contribution in [1.29, 1.82) is 0 Å². The van der Waals surface area contributed by atoms with Gasteiger partial charge in [-0.2, -0.15) is 0 Å². The minimum absolute atomic E-state index is 0.867. The van der Waals surface area contributed by atoms with Gasteiger partial charge in [0, 0.05) is 0 Å². The summed E-state index contributed by atoms with van der Waals surface area (Å²) < 4.78 is 14.0. The fraction of sp³-hybridized carbons (Fsp3) is 1.00. The van der Waals surface area contributed by atoms with Crippen LogP contribution in [0.5, 0.6) is 0 Å². The summed E-state index contributed by atoms with van der Waals surface area (Å²) in [5.41, 5.74) is 0. The summed E-state index contributed by atoms with van der Waals surface area (Å²) in [5.74, 6) is 0. The summed E-state index contributed by atoms with van der Waals surface area (Å²) in [6, 6.07) is 0. The van der Waals surface area contributed by atoms with E-state index >= 15 is 0 Å². The second-order valence-electron chi connectivity index (χ2n) is 12.8. The molecule has 0 saturated heterocycles. The highest BCUT2D eigenvalue weighted by Gasteiger charge is 2.15. The molecule has 0 spiro atoms. The van der Waals surface area contributed by atoms with Crippen LogP contribution >= 0.6 is 0 Å². The lowest BCUT2D eigenvalue weighted by Gasteiger charge is -2.29. The van der Waals surface area contributed by atoms with Crippen molar-refractivity contribution in [2.75, 3.05) is 68.0 Å². The molecule has 0 unspecified atom stereocenters. The Morgan fingerprint density at radius 2 is 0.639 bits per heavy atom. The first-order valence-corrected chi connectivity index (χ1v) is 16.1. The van der Waals surface area contributed by atoms with Crippen molar-refractivity contribution in [3.63, 3.8) is 0 Å². The maximum Gasteiger partial charge on any atom is 0.182 e. The predicted molar refractivity (Wildman–Crippen MR) is 159 cm³/mol. The maximum atomic E-state index is 6.00. The standard InChI is InChI=1S/C32H70N2O2/c1-7-9-11-13-19-23-27-33(3,4)31-35-29-25-21-17-15-16-18-22-26-30-36-32-34(5,6)28-24-20-14-12-10-8-2/h7-32H2,1-6H3/q+2. The molecule has 0 saturated carbocycles. The number of nitrogens with zero attached hydrogens (tertiary/aromatic N) is 2. The van der Waals surface area contributed by atoms with Gasteiger partial charge < -0.3 is 18.4 Å². The van der Waals surface area contributed by atoms with Crippen LogP contribution < -0.4 is 0 Å². The van der Waals surface area contributed by atoms with Crippen LogP contribution in [0.1, 0.15) is 142 Å². The molecule has 0 aliphatic carbocycles. The second kappa shape index (κ2) is 25.1. The quantitative estimate of drug-likeness (QED) is 0.0563. The Kier molecular flexibility index (Phi) is 25.0. The minimum Gasteiger partial charge on any atom is -0.332 e. The molecule has 0 aromatic heterocycles. The van der Waals surface area contributed by atoms with E-state index in [1.165, 1.54) is 142 Å². The summed E-state index contributed by atoms with van der Waals surface area (Å²) in [5, 5.41) is 0. The van der Waals surface area contributed by atoms with Crippen LogP contribution in [0.2, 0.25) is 0 Å². The number of ether oxygens (including phenoxy) is 2. The lowest BCUT2D eigenvalue weighted by atomic mass is 10.1. The summed E-state index contributed by atoms with van der Waals surface area (Å²) >= 11 is 0. The van der Waals surface area contributed by atoms with Gasteiger partial charge in [-0.1, -0.05) is 104 Å². The van der Waals surface area contributed by atoms with E-state index in [4.69, 9.17) is 9.47 Å². The summed E-state index contributed by atoms with van der Waals surface area (Å²) in [7, 11) is 9.25. The monoisotopic (exact) mass is 515 g/mol. The van der Waals surface area contributed by atoms with E-state index < -0.39 is 0 Å². The van der Waals surface area contributed by atoms with Crippen LogP contribution in [0.3, 0.4) is 0 Å². The topological polar surface area (TPSA) is 18.5 Å². The molecule has 0 N–H and O–H groups in total. The zero-order chi connectivity index (χ0) is 26.8. The third-order valence-corrected chi connectivity index (χ3v) is 7.44. The molecule has 0 aliphatic heterocycles. The summed E-state index contributed by atoms with van der Waals surface area (Å²) in [6.45, 7) is 10.7. The molecule has 0 aliphatic rings. The van der Waals surface area contributed by atoms with Crippen LogP contribution in [-0.2, 0) is 9.47 Å². The van der Waals surface area contributed by atoms with Gasteiger partial charge in [0.1, 0.15) is 0 Å². The van der Waals surface area contributed by atoms with Crippen LogP contribution in [-0.4, -0.2) is 76.9 Å². The first-order chi connectivity index (χ1) is 17.3. The third-order valence-electron chi connectivity index (χ3n) is 7.44. The van der Waals surface area contributed by atoms with Gasteiger partial charge in [-0.05, 0) is 38.5 Å². The zero-order valence-electron chi connectivity index (χ0n) is 26.1. The molecular weight excluding hydrogens is 444 g/mol. The Morgan fingerprint density at radius 3 is 0.972 bits per heavy atom. The molecule has 0 rings (SSSR count). The Morgan fingerprint density at radius 1 is 0.361 bits per heavy atom. The van der Waals surface area contributed by atoms with Crippen LogP contribution in [0.4, 0.5) is 0 Å². The lowest BCUT2D eigenvalue weighted by molar-refractivity contribution is -0.909. The molecular formula is C32H70N2O2+2. The molecule has 0 bridgehead atoms. The molecule has 218 valence electrons. The lowest BCUT2D eigenvalue weighted by Crippen LogP contribution is -2.42. The van der Waals surface area contributed by atoms with Gasteiger partial charge in [0.2, 0.25) is 0 Å². The van der Waals surface area contributed by atoms with Crippen molar-refractivity contribution < 1.29 is 18.4 Å². The Balaban J connectivity index is 3.38. The van der Waals surface area contributed by atoms with Gasteiger partial charge >= 0.3 is 0 Å². The van der Waals surface area contributed by atoms with Crippen molar-refractivity contribution in [1.82, 2.24) is 0 Å². The average molecular weight is 515 g/mol. The largest absolute Gasteiger partial charge is 0.332 e. The van der Waals surface area contributed by atoms with E-state index in [0.717, 1.165) is 35.6 Å². The number of rotatable bonds is 29. The normalized spacial score (nSPS) is 12.5. The molecule has 0 aromatic rings. The van der Waals surface area contributed by atoms with Crippen molar-refractivity contribution in [3.8, 4) is 0 Å². The first kappa shape index (κ1) is 35.8. The van der Waals surface area contributed by atoms with Gasteiger partial charge in [-0.25, -0.2) is 0 Å². The van der Waals surface area contributed by atoms with Crippen LogP contribution in [0, 0.1) is 0 Å². The van der Waals surface area contributed by atoms with E-state index in [0.29, 0.717) is 0 Å². The van der Waals surface area contributed by atoms with Gasteiger partial charge in [-0.15, -0.1) is 0 Å². The third kappa shape index (κ3) is 26.9. The van der Waals surface area contributed by atoms with Crippen LogP contribution in [0.15, 0.2) is 0 Å². The second-order valence-corrected chi connectivity index (χ2v) is 12.8. The molecule has 0 aromatic carbocycles. The van der Waals surface area contributed by atoms with Gasteiger partial charge in [-0.3, -0.25) is 0 Å². The molecule has 0 heterocycles. The minimum atomic E-state index is 0.867. The Labute approximate surface area is 228 Å². The van der Waals surface area contributed by atoms with Crippen molar-refractivity contribution in [2.45, 2.75) is 142 Å². The molecule has 0 amide bonds. The smallest absolute Gasteiger partial charge is 0.182 e. The van der Waals surface area contributed by atoms with Crippen LogP contribution in [0.25, 0.3) is 0 Å². The van der Waals surface area contributed by atoms with Gasteiger partial charge in [0.15, 0.2) is 13.5 Å². The summed E-state index contributed by atoms with van der Waals surface area (Å²) in [4.78, 5) is 0. The number of hydrogen-bond acceptors (Lipinski definition) is 2. The highest BCUT2D eigenvalue weighted by molar-refractivity contribution is 4.48. The fourth-order valence-corrected chi connectivity index (χ4v) is 4.86. The van der Waals surface area contributed by atoms with E-state index in [1.54, 1.807) is 0 Å². The molecule has 0 radical (unpaired) electrons. The van der Waals surface area contributed by atoms with Gasteiger partial charge in [0.25, 0.3) is 0 Å². The van der Waals surface area contributed by atoms with E-state index in [1.807, 2.05) is 0 Å². The fourth-order valence-electron chi connectivity index (χ4n) is 4.86. The molecule has 36 heavy (non-hydrogen) atoms. The van der Waals surface area contributed by atoms with Crippen molar-refractivity contribution >= 4 is 0 Å². The SMILES string of the molecule is CCCCCCCC[N+](C)(C)COCCCCCCCCCCOC[N+](C)(C)CCCCCCCC. The molecule has 0 fully saturated rings. The number of hydrogen-bond donors (Lipinski definition) is 0. The van der Waals surface area contributed by atoms with E-state index in [-0.39, 0.29) is 0 Å². The van der Waals surface area contributed by atoms with Crippen molar-refractivity contribution in [2.24, 2.45) is 0 Å². The highest BCUT2D eigenvalue weighted by atomic mass is 16.5. The maximum absolute atomic E-state index is 6.00. The zero-order valence-corrected chi connectivity index (χ0v) is 26.1. The summed E-state index contributed by atoms with van der Waals surface area (Å²) in [6.07, 6.45) is 27.1. The first-order valence-electron chi connectivity index (χ1n) is 16.1.